The number of benzene rings is 1. The molecule has 78 valence electrons. The second kappa shape index (κ2) is 3.42. The van der Waals surface area contributed by atoms with Gasteiger partial charge >= 0.3 is 6.18 Å². The lowest BCUT2D eigenvalue weighted by Gasteiger charge is -2.07. The normalized spacial score (nSPS) is 11.7. The van der Waals surface area contributed by atoms with Gasteiger partial charge in [0.25, 0.3) is 0 Å². The largest absolute Gasteiger partial charge is 0.416 e. The minimum Gasteiger partial charge on any atom is -0.241 e. The second-order valence-electron chi connectivity index (χ2n) is 3.00. The van der Waals surface area contributed by atoms with E-state index in [9.17, 15) is 13.2 Å². The van der Waals surface area contributed by atoms with Gasteiger partial charge in [0.15, 0.2) is 0 Å². The van der Waals surface area contributed by atoms with Crippen LogP contribution in [0.15, 0.2) is 42.7 Å². The Hall–Kier alpha value is -1.78. The van der Waals surface area contributed by atoms with Gasteiger partial charge in [0.05, 0.1) is 11.3 Å². The monoisotopic (exact) mass is 212 g/mol. The Morgan fingerprint density at radius 3 is 2.20 bits per heavy atom. The van der Waals surface area contributed by atoms with Gasteiger partial charge < -0.3 is 0 Å². The van der Waals surface area contributed by atoms with Gasteiger partial charge in [-0.05, 0) is 30.3 Å². The predicted octanol–water partition coefficient (Wildman–Crippen LogP) is 2.89. The van der Waals surface area contributed by atoms with Gasteiger partial charge in [0.1, 0.15) is 0 Å². The van der Waals surface area contributed by atoms with E-state index in [1.165, 1.54) is 16.8 Å². The summed E-state index contributed by atoms with van der Waals surface area (Å²) < 4.78 is 38.2. The molecule has 0 aliphatic heterocycles. The van der Waals surface area contributed by atoms with Crippen molar-refractivity contribution in [3.8, 4) is 5.69 Å². The molecule has 0 amide bonds. The molecule has 0 saturated carbocycles. The van der Waals surface area contributed by atoms with Crippen molar-refractivity contribution in [1.29, 1.82) is 0 Å². The van der Waals surface area contributed by atoms with Crippen LogP contribution in [0.5, 0.6) is 0 Å². The molecular formula is C10H7F3N2. The van der Waals surface area contributed by atoms with E-state index in [1.54, 1.807) is 18.5 Å². The minimum atomic E-state index is -4.29. The van der Waals surface area contributed by atoms with Gasteiger partial charge in [0.2, 0.25) is 0 Å². The summed E-state index contributed by atoms with van der Waals surface area (Å²) in [6.07, 6.45) is -1.05. The standard InChI is InChI=1S/C10H7F3N2/c11-10(12,13)8-2-4-9(5-3-8)15-7-1-6-14-15/h1-7H. The first kappa shape index (κ1) is 9.76. The van der Waals surface area contributed by atoms with Crippen molar-refractivity contribution in [1.82, 2.24) is 9.78 Å². The van der Waals surface area contributed by atoms with Crippen LogP contribution in [0.3, 0.4) is 0 Å². The highest BCUT2D eigenvalue weighted by Crippen LogP contribution is 2.29. The highest BCUT2D eigenvalue weighted by atomic mass is 19.4. The van der Waals surface area contributed by atoms with Crippen LogP contribution in [0.25, 0.3) is 5.69 Å². The van der Waals surface area contributed by atoms with Crippen LogP contribution in [-0.4, -0.2) is 9.78 Å². The summed E-state index contributed by atoms with van der Waals surface area (Å²) in [5, 5.41) is 3.91. The topological polar surface area (TPSA) is 17.8 Å². The van der Waals surface area contributed by atoms with Crippen LogP contribution in [0.1, 0.15) is 5.56 Å². The first-order valence-corrected chi connectivity index (χ1v) is 4.24. The summed E-state index contributed by atoms with van der Waals surface area (Å²) in [6, 6.07) is 6.55. The molecule has 0 atom stereocenters. The van der Waals surface area contributed by atoms with E-state index in [0.29, 0.717) is 5.69 Å². The maximum absolute atomic E-state index is 12.2. The molecule has 0 N–H and O–H groups in total. The average Bonchev–Trinajstić information content (AvgIpc) is 2.69. The van der Waals surface area contributed by atoms with E-state index < -0.39 is 11.7 Å². The maximum Gasteiger partial charge on any atom is 0.416 e. The van der Waals surface area contributed by atoms with E-state index in [0.717, 1.165) is 12.1 Å². The highest BCUT2D eigenvalue weighted by molar-refractivity contribution is 5.34. The third kappa shape index (κ3) is 2.01. The zero-order valence-corrected chi connectivity index (χ0v) is 7.57. The molecule has 1 aromatic heterocycles. The number of alkyl halides is 3. The van der Waals surface area contributed by atoms with Crippen molar-refractivity contribution in [2.75, 3.05) is 0 Å². The fourth-order valence-corrected chi connectivity index (χ4v) is 1.22. The lowest BCUT2D eigenvalue weighted by Crippen LogP contribution is -2.05. The third-order valence-corrected chi connectivity index (χ3v) is 1.96. The molecule has 2 aromatic rings. The molecule has 2 nitrogen and oxygen atoms in total. The van der Waals surface area contributed by atoms with Crippen molar-refractivity contribution in [2.45, 2.75) is 6.18 Å². The molecule has 0 radical (unpaired) electrons. The SMILES string of the molecule is FC(F)(F)c1ccc(-n2cccn2)cc1. The molecule has 5 heteroatoms. The number of halogens is 3. The minimum absolute atomic E-state index is 0.605. The lowest BCUT2D eigenvalue weighted by atomic mass is 10.2. The number of nitrogens with zero attached hydrogens (tertiary/aromatic N) is 2. The van der Waals surface area contributed by atoms with Gasteiger partial charge in [-0.1, -0.05) is 0 Å². The second-order valence-corrected chi connectivity index (χ2v) is 3.00. The smallest absolute Gasteiger partial charge is 0.241 e. The number of hydrogen-bond acceptors (Lipinski definition) is 1. The first-order valence-electron chi connectivity index (χ1n) is 4.24. The molecule has 0 unspecified atom stereocenters. The molecule has 15 heavy (non-hydrogen) atoms. The number of aromatic nitrogens is 2. The fraction of sp³-hybridized carbons (Fsp3) is 0.100. The molecule has 2 rings (SSSR count). The quantitative estimate of drug-likeness (QED) is 0.710. The Morgan fingerprint density at radius 2 is 1.73 bits per heavy atom. The summed E-state index contributed by atoms with van der Waals surface area (Å²) in [5.41, 5.74) is -0.0496. The number of rotatable bonds is 1. The van der Waals surface area contributed by atoms with Gasteiger partial charge in [-0.3, -0.25) is 0 Å². The Bertz CT molecular complexity index is 429. The lowest BCUT2D eigenvalue weighted by molar-refractivity contribution is -0.137. The van der Waals surface area contributed by atoms with Crippen molar-refractivity contribution in [3.63, 3.8) is 0 Å². The van der Waals surface area contributed by atoms with Crippen molar-refractivity contribution in [3.05, 3.63) is 48.3 Å². The van der Waals surface area contributed by atoms with Gasteiger partial charge in [0, 0.05) is 12.4 Å². The fourth-order valence-electron chi connectivity index (χ4n) is 1.22. The molecule has 0 spiro atoms. The molecule has 0 fully saturated rings. The Morgan fingerprint density at radius 1 is 1.07 bits per heavy atom. The summed E-state index contributed by atoms with van der Waals surface area (Å²) in [4.78, 5) is 0. The zero-order chi connectivity index (χ0) is 10.9. The third-order valence-electron chi connectivity index (χ3n) is 1.96. The van der Waals surface area contributed by atoms with Crippen LogP contribution in [-0.2, 0) is 6.18 Å². The van der Waals surface area contributed by atoms with E-state index in [2.05, 4.69) is 5.10 Å². The van der Waals surface area contributed by atoms with Crippen LogP contribution in [0.2, 0.25) is 0 Å². The highest BCUT2D eigenvalue weighted by Gasteiger charge is 2.29. The van der Waals surface area contributed by atoms with E-state index in [-0.39, 0.29) is 0 Å². The number of hydrogen-bond donors (Lipinski definition) is 0. The van der Waals surface area contributed by atoms with Crippen LogP contribution < -0.4 is 0 Å². The summed E-state index contributed by atoms with van der Waals surface area (Å²) in [6.45, 7) is 0. The molecule has 0 aliphatic carbocycles. The molecule has 1 aromatic carbocycles. The van der Waals surface area contributed by atoms with Crippen molar-refractivity contribution >= 4 is 0 Å². The van der Waals surface area contributed by atoms with Crippen LogP contribution >= 0.6 is 0 Å². The molecule has 0 saturated heterocycles. The van der Waals surface area contributed by atoms with Crippen LogP contribution in [0.4, 0.5) is 13.2 Å². The summed E-state index contributed by atoms with van der Waals surface area (Å²) in [7, 11) is 0. The Balaban J connectivity index is 2.33. The summed E-state index contributed by atoms with van der Waals surface area (Å²) >= 11 is 0. The van der Waals surface area contributed by atoms with Crippen LogP contribution in [0, 0.1) is 0 Å². The molecule has 1 heterocycles. The zero-order valence-electron chi connectivity index (χ0n) is 7.57. The van der Waals surface area contributed by atoms with Gasteiger partial charge in [-0.15, -0.1) is 0 Å². The van der Waals surface area contributed by atoms with Crippen molar-refractivity contribution in [2.24, 2.45) is 0 Å². The Kier molecular flexibility index (Phi) is 2.22. The molecular weight excluding hydrogens is 205 g/mol. The molecule has 0 bridgehead atoms. The summed E-state index contributed by atoms with van der Waals surface area (Å²) in [5.74, 6) is 0. The molecule has 0 aliphatic rings. The van der Waals surface area contributed by atoms with Gasteiger partial charge in [-0.25, -0.2) is 4.68 Å². The maximum atomic E-state index is 12.2. The van der Waals surface area contributed by atoms with E-state index >= 15 is 0 Å². The average molecular weight is 212 g/mol. The van der Waals surface area contributed by atoms with Gasteiger partial charge in [-0.2, -0.15) is 18.3 Å². The predicted molar refractivity (Wildman–Crippen MR) is 48.6 cm³/mol. The first-order chi connectivity index (χ1) is 7.07. The Labute approximate surface area is 84.0 Å². The van der Waals surface area contributed by atoms with Crippen molar-refractivity contribution < 1.29 is 13.2 Å². The van der Waals surface area contributed by atoms with E-state index in [1.807, 2.05) is 0 Å². The van der Waals surface area contributed by atoms with E-state index in [4.69, 9.17) is 0 Å².